The van der Waals surface area contributed by atoms with Crippen molar-refractivity contribution in [2.75, 3.05) is 12.4 Å². The highest BCUT2D eigenvalue weighted by atomic mass is 19.1. The molecule has 2 rings (SSSR count). The number of para-hydroxylation sites is 1. The molecule has 0 bridgehead atoms. The van der Waals surface area contributed by atoms with Crippen LogP contribution in [0.25, 0.3) is 0 Å². The van der Waals surface area contributed by atoms with Gasteiger partial charge in [0.05, 0.1) is 6.42 Å². The molecule has 0 aliphatic heterocycles. The summed E-state index contributed by atoms with van der Waals surface area (Å²) in [5, 5.41) is 5.19. The van der Waals surface area contributed by atoms with Gasteiger partial charge in [0, 0.05) is 30.6 Å². The summed E-state index contributed by atoms with van der Waals surface area (Å²) in [6.07, 6.45) is 1.37. The second-order valence-corrected chi connectivity index (χ2v) is 4.33. The smallest absolute Gasteiger partial charge is 0.255 e. The zero-order valence-corrected chi connectivity index (χ0v) is 11.4. The summed E-state index contributed by atoms with van der Waals surface area (Å²) in [6, 6.07) is 9.43. The van der Waals surface area contributed by atoms with Crippen molar-refractivity contribution >= 4 is 17.5 Å². The molecule has 0 unspecified atom stereocenters. The maximum absolute atomic E-state index is 13.0. The van der Waals surface area contributed by atoms with E-state index in [0.717, 1.165) is 6.07 Å². The van der Waals surface area contributed by atoms with Crippen LogP contribution in [0.5, 0.6) is 0 Å². The van der Waals surface area contributed by atoms with E-state index in [1.54, 1.807) is 31.3 Å². The molecule has 6 heteroatoms. The fraction of sp³-hybridized carbons (Fsp3) is 0.133. The summed E-state index contributed by atoms with van der Waals surface area (Å²) in [5.41, 5.74) is 1.36. The van der Waals surface area contributed by atoms with Crippen molar-refractivity contribution in [2.24, 2.45) is 0 Å². The van der Waals surface area contributed by atoms with Crippen LogP contribution in [0.1, 0.15) is 15.9 Å². The standard InChI is InChI=1S/C15H14FN3O2/c1-17-14(20)9-10-4-2-3-5-12(10)19-15(21)11-6-7-18-13(16)8-11/h2-8H,9H2,1H3,(H,17,20)(H,19,21). The number of halogens is 1. The maximum Gasteiger partial charge on any atom is 0.255 e. The minimum absolute atomic E-state index is 0.150. The molecule has 0 aliphatic carbocycles. The second-order valence-electron chi connectivity index (χ2n) is 4.33. The van der Waals surface area contributed by atoms with Gasteiger partial charge in [-0.3, -0.25) is 9.59 Å². The molecule has 108 valence electrons. The fourth-order valence-corrected chi connectivity index (χ4v) is 1.80. The monoisotopic (exact) mass is 287 g/mol. The molecular formula is C15H14FN3O2. The van der Waals surface area contributed by atoms with Crippen molar-refractivity contribution in [3.05, 3.63) is 59.7 Å². The average molecular weight is 287 g/mol. The first-order valence-electron chi connectivity index (χ1n) is 6.31. The predicted octanol–water partition coefficient (Wildman–Crippen LogP) is 1.76. The van der Waals surface area contributed by atoms with Gasteiger partial charge < -0.3 is 10.6 Å². The second kappa shape index (κ2) is 6.60. The number of hydrogen-bond donors (Lipinski definition) is 2. The molecule has 1 heterocycles. The molecule has 21 heavy (non-hydrogen) atoms. The number of nitrogens with one attached hydrogen (secondary N) is 2. The van der Waals surface area contributed by atoms with Crippen molar-refractivity contribution in [1.29, 1.82) is 0 Å². The molecule has 0 spiro atoms. The minimum atomic E-state index is -0.721. The van der Waals surface area contributed by atoms with Crippen LogP contribution in [0, 0.1) is 5.95 Å². The summed E-state index contributed by atoms with van der Waals surface area (Å²) in [7, 11) is 1.54. The molecule has 2 N–H and O–H groups in total. The van der Waals surface area contributed by atoms with Crippen molar-refractivity contribution in [3.8, 4) is 0 Å². The Morgan fingerprint density at radius 3 is 2.71 bits per heavy atom. The molecule has 0 aliphatic rings. The first-order chi connectivity index (χ1) is 10.1. The Morgan fingerprint density at radius 1 is 1.24 bits per heavy atom. The number of rotatable bonds is 4. The Balaban J connectivity index is 2.19. The fourth-order valence-electron chi connectivity index (χ4n) is 1.80. The van der Waals surface area contributed by atoms with Gasteiger partial charge in [0.2, 0.25) is 11.9 Å². The van der Waals surface area contributed by atoms with Gasteiger partial charge in [-0.2, -0.15) is 4.39 Å². The Bertz CT molecular complexity index is 673. The molecule has 0 saturated carbocycles. The highest BCUT2D eigenvalue weighted by Gasteiger charge is 2.11. The van der Waals surface area contributed by atoms with E-state index < -0.39 is 11.9 Å². The quantitative estimate of drug-likeness (QED) is 0.842. The number of carbonyl (C=O) groups excluding carboxylic acids is 2. The highest BCUT2D eigenvalue weighted by molar-refractivity contribution is 6.04. The van der Waals surface area contributed by atoms with E-state index in [1.807, 2.05) is 0 Å². The Kier molecular flexibility index (Phi) is 4.61. The predicted molar refractivity (Wildman–Crippen MR) is 76.4 cm³/mol. The van der Waals surface area contributed by atoms with Crippen molar-refractivity contribution in [3.63, 3.8) is 0 Å². The Hall–Kier alpha value is -2.76. The summed E-state index contributed by atoms with van der Waals surface area (Å²) in [5.74, 6) is -1.34. The first kappa shape index (κ1) is 14.6. The van der Waals surface area contributed by atoms with Gasteiger partial charge in [0.15, 0.2) is 0 Å². The van der Waals surface area contributed by atoms with Gasteiger partial charge in [0.25, 0.3) is 5.91 Å². The van der Waals surface area contributed by atoms with E-state index in [9.17, 15) is 14.0 Å². The normalized spacial score (nSPS) is 10.0. The molecule has 2 amide bonds. The van der Waals surface area contributed by atoms with Gasteiger partial charge >= 0.3 is 0 Å². The van der Waals surface area contributed by atoms with E-state index in [1.165, 1.54) is 12.3 Å². The lowest BCUT2D eigenvalue weighted by molar-refractivity contribution is -0.119. The van der Waals surface area contributed by atoms with Gasteiger partial charge in [-0.05, 0) is 17.7 Å². The van der Waals surface area contributed by atoms with Crippen LogP contribution in [0.15, 0.2) is 42.6 Å². The number of aromatic nitrogens is 1. The van der Waals surface area contributed by atoms with E-state index in [2.05, 4.69) is 15.6 Å². The summed E-state index contributed by atoms with van der Waals surface area (Å²) >= 11 is 0. The molecule has 1 aromatic carbocycles. The summed E-state index contributed by atoms with van der Waals surface area (Å²) < 4.78 is 13.0. The lowest BCUT2D eigenvalue weighted by Crippen LogP contribution is -2.21. The lowest BCUT2D eigenvalue weighted by atomic mass is 10.1. The van der Waals surface area contributed by atoms with Gasteiger partial charge in [-0.25, -0.2) is 4.98 Å². The lowest BCUT2D eigenvalue weighted by Gasteiger charge is -2.10. The SMILES string of the molecule is CNC(=O)Cc1ccccc1NC(=O)c1ccnc(F)c1. The van der Waals surface area contributed by atoms with E-state index in [-0.39, 0.29) is 17.9 Å². The highest BCUT2D eigenvalue weighted by Crippen LogP contribution is 2.17. The first-order valence-corrected chi connectivity index (χ1v) is 6.31. The summed E-state index contributed by atoms with van der Waals surface area (Å²) in [4.78, 5) is 26.9. The van der Waals surface area contributed by atoms with E-state index in [4.69, 9.17) is 0 Å². The Morgan fingerprint density at radius 2 is 2.00 bits per heavy atom. The molecule has 0 atom stereocenters. The third-order valence-corrected chi connectivity index (χ3v) is 2.88. The third-order valence-electron chi connectivity index (χ3n) is 2.88. The average Bonchev–Trinajstić information content (AvgIpc) is 2.49. The number of hydrogen-bond acceptors (Lipinski definition) is 3. The minimum Gasteiger partial charge on any atom is -0.359 e. The van der Waals surface area contributed by atoms with Gasteiger partial charge in [0.1, 0.15) is 0 Å². The van der Waals surface area contributed by atoms with Crippen molar-refractivity contribution in [1.82, 2.24) is 10.3 Å². The number of likely N-dealkylation sites (N-methyl/N-ethyl adjacent to an activating group) is 1. The Labute approximate surface area is 121 Å². The number of nitrogens with zero attached hydrogens (tertiary/aromatic N) is 1. The van der Waals surface area contributed by atoms with E-state index >= 15 is 0 Å². The molecular weight excluding hydrogens is 273 g/mol. The largest absolute Gasteiger partial charge is 0.359 e. The molecule has 0 radical (unpaired) electrons. The van der Waals surface area contributed by atoms with Crippen LogP contribution < -0.4 is 10.6 Å². The number of amides is 2. The number of carbonyl (C=O) groups is 2. The molecule has 2 aromatic rings. The van der Waals surface area contributed by atoms with Crippen LogP contribution >= 0.6 is 0 Å². The van der Waals surface area contributed by atoms with Crippen LogP contribution in [0.2, 0.25) is 0 Å². The molecule has 5 nitrogen and oxygen atoms in total. The number of anilines is 1. The van der Waals surface area contributed by atoms with Gasteiger partial charge in [-0.15, -0.1) is 0 Å². The third kappa shape index (κ3) is 3.85. The molecule has 0 saturated heterocycles. The van der Waals surface area contributed by atoms with Crippen LogP contribution in [0.3, 0.4) is 0 Å². The van der Waals surface area contributed by atoms with Crippen LogP contribution in [-0.4, -0.2) is 23.8 Å². The molecule has 1 aromatic heterocycles. The zero-order valence-electron chi connectivity index (χ0n) is 11.4. The number of pyridine rings is 1. The van der Waals surface area contributed by atoms with Crippen LogP contribution in [-0.2, 0) is 11.2 Å². The van der Waals surface area contributed by atoms with Gasteiger partial charge in [-0.1, -0.05) is 18.2 Å². The van der Waals surface area contributed by atoms with Crippen molar-refractivity contribution < 1.29 is 14.0 Å². The maximum atomic E-state index is 13.0. The molecule has 0 fully saturated rings. The van der Waals surface area contributed by atoms with E-state index in [0.29, 0.717) is 11.3 Å². The number of benzene rings is 1. The zero-order chi connectivity index (χ0) is 15.2. The van der Waals surface area contributed by atoms with Crippen molar-refractivity contribution in [2.45, 2.75) is 6.42 Å². The summed E-state index contributed by atoms with van der Waals surface area (Å²) in [6.45, 7) is 0. The van der Waals surface area contributed by atoms with Crippen LogP contribution in [0.4, 0.5) is 10.1 Å². The topological polar surface area (TPSA) is 71.1 Å².